The largest absolute Gasteiger partial charge is 0.497 e. The summed E-state index contributed by atoms with van der Waals surface area (Å²) in [7, 11) is 1.62. The molecule has 0 aliphatic heterocycles. The zero-order valence-corrected chi connectivity index (χ0v) is 11.3. The van der Waals surface area contributed by atoms with E-state index in [4.69, 9.17) is 4.74 Å². The Morgan fingerprint density at radius 1 is 1.16 bits per heavy atom. The molecule has 0 heterocycles. The van der Waals surface area contributed by atoms with E-state index in [-0.39, 0.29) is 0 Å². The van der Waals surface area contributed by atoms with Crippen LogP contribution in [0, 0.1) is 6.92 Å². The number of aliphatic hydroxyl groups is 1. The minimum atomic E-state index is -0.560. The van der Waals surface area contributed by atoms with E-state index in [0.29, 0.717) is 6.54 Å². The molecule has 0 spiro atoms. The second-order valence-corrected chi connectivity index (χ2v) is 4.54. The molecule has 3 nitrogen and oxygen atoms in total. The lowest BCUT2D eigenvalue weighted by molar-refractivity contribution is 0.191. The van der Waals surface area contributed by atoms with Gasteiger partial charge in [0.2, 0.25) is 0 Å². The quantitative estimate of drug-likeness (QED) is 0.864. The number of methoxy groups -OCH3 is 1. The molecule has 2 N–H and O–H groups in total. The van der Waals surface area contributed by atoms with Crippen molar-refractivity contribution in [3.63, 3.8) is 0 Å². The second-order valence-electron chi connectivity index (χ2n) is 4.54. The van der Waals surface area contributed by atoms with Crippen molar-refractivity contribution in [1.82, 2.24) is 0 Å². The third-order valence-corrected chi connectivity index (χ3v) is 3.00. The van der Waals surface area contributed by atoms with Gasteiger partial charge in [0, 0.05) is 12.2 Å². The fourth-order valence-electron chi connectivity index (χ4n) is 1.94. The molecule has 1 unspecified atom stereocenters. The van der Waals surface area contributed by atoms with Crippen molar-refractivity contribution in [2.75, 3.05) is 19.0 Å². The molecule has 1 atom stereocenters. The van der Waals surface area contributed by atoms with Crippen molar-refractivity contribution >= 4 is 5.69 Å². The zero-order chi connectivity index (χ0) is 13.7. The molecule has 0 aromatic heterocycles. The number of rotatable bonds is 5. The monoisotopic (exact) mass is 257 g/mol. The molecule has 2 rings (SSSR count). The van der Waals surface area contributed by atoms with E-state index < -0.39 is 6.10 Å². The van der Waals surface area contributed by atoms with Crippen molar-refractivity contribution in [3.05, 3.63) is 59.7 Å². The normalized spacial score (nSPS) is 11.9. The molecule has 0 fully saturated rings. The van der Waals surface area contributed by atoms with Crippen LogP contribution in [-0.4, -0.2) is 18.8 Å². The van der Waals surface area contributed by atoms with Gasteiger partial charge in [-0.15, -0.1) is 0 Å². The molecular formula is C16H19NO2. The van der Waals surface area contributed by atoms with Gasteiger partial charge in [0.1, 0.15) is 5.75 Å². The molecule has 0 saturated carbocycles. The van der Waals surface area contributed by atoms with E-state index in [1.807, 2.05) is 49.4 Å². The lowest BCUT2D eigenvalue weighted by Gasteiger charge is -2.14. The lowest BCUT2D eigenvalue weighted by Crippen LogP contribution is -2.12. The number of aryl methyl sites for hydroxylation is 1. The summed E-state index contributed by atoms with van der Waals surface area (Å²) in [5.74, 6) is 0.757. The minimum absolute atomic E-state index is 0.469. The predicted octanol–water partition coefficient (Wildman–Crippen LogP) is 3.15. The van der Waals surface area contributed by atoms with Crippen molar-refractivity contribution in [1.29, 1.82) is 0 Å². The van der Waals surface area contributed by atoms with Gasteiger partial charge in [0.15, 0.2) is 0 Å². The van der Waals surface area contributed by atoms with Crippen molar-refractivity contribution in [2.24, 2.45) is 0 Å². The van der Waals surface area contributed by atoms with Crippen LogP contribution in [0.5, 0.6) is 5.75 Å². The predicted molar refractivity (Wildman–Crippen MR) is 77.6 cm³/mol. The highest BCUT2D eigenvalue weighted by Crippen LogP contribution is 2.20. The summed E-state index contributed by atoms with van der Waals surface area (Å²) in [6.07, 6.45) is -0.560. The molecule has 0 radical (unpaired) electrons. The van der Waals surface area contributed by atoms with Gasteiger partial charge in [-0.2, -0.15) is 0 Å². The van der Waals surface area contributed by atoms with Crippen LogP contribution in [0.1, 0.15) is 17.2 Å². The van der Waals surface area contributed by atoms with E-state index >= 15 is 0 Å². The average molecular weight is 257 g/mol. The van der Waals surface area contributed by atoms with Crippen LogP contribution in [-0.2, 0) is 0 Å². The summed E-state index contributed by atoms with van der Waals surface area (Å²) >= 11 is 0. The van der Waals surface area contributed by atoms with Crippen LogP contribution in [0.25, 0.3) is 0 Å². The number of hydrogen-bond acceptors (Lipinski definition) is 3. The highest BCUT2D eigenvalue weighted by atomic mass is 16.5. The minimum Gasteiger partial charge on any atom is -0.497 e. The Kier molecular flexibility index (Phi) is 4.42. The summed E-state index contributed by atoms with van der Waals surface area (Å²) in [5.41, 5.74) is 3.06. The first kappa shape index (κ1) is 13.4. The first-order chi connectivity index (χ1) is 9.19. The molecule has 0 amide bonds. The van der Waals surface area contributed by atoms with Crippen LogP contribution in [0.2, 0.25) is 0 Å². The molecule has 3 heteroatoms. The standard InChI is InChI=1S/C16H19NO2/c1-12-5-3-7-14(9-12)17-11-16(18)13-6-4-8-15(10-13)19-2/h3-10,16-18H,11H2,1-2H3. The van der Waals surface area contributed by atoms with E-state index in [9.17, 15) is 5.11 Å². The number of benzene rings is 2. The van der Waals surface area contributed by atoms with Crippen LogP contribution in [0.4, 0.5) is 5.69 Å². The highest BCUT2D eigenvalue weighted by Gasteiger charge is 2.08. The molecule has 19 heavy (non-hydrogen) atoms. The first-order valence-corrected chi connectivity index (χ1v) is 6.31. The Bertz CT molecular complexity index is 540. The molecule has 0 bridgehead atoms. The molecule has 2 aromatic rings. The van der Waals surface area contributed by atoms with Crippen LogP contribution >= 0.6 is 0 Å². The topological polar surface area (TPSA) is 41.5 Å². The van der Waals surface area contributed by atoms with E-state index in [1.165, 1.54) is 5.56 Å². The van der Waals surface area contributed by atoms with Crippen molar-refractivity contribution in [3.8, 4) is 5.75 Å². The molecule has 0 saturated heterocycles. The highest BCUT2D eigenvalue weighted by molar-refractivity contribution is 5.45. The third-order valence-electron chi connectivity index (χ3n) is 3.00. The Morgan fingerprint density at radius 3 is 2.68 bits per heavy atom. The molecular weight excluding hydrogens is 238 g/mol. The Balaban J connectivity index is 1.99. The maximum absolute atomic E-state index is 10.2. The SMILES string of the molecule is COc1cccc(C(O)CNc2cccc(C)c2)c1. The first-order valence-electron chi connectivity index (χ1n) is 6.31. The molecule has 2 aromatic carbocycles. The van der Waals surface area contributed by atoms with Crippen LogP contribution in [0.3, 0.4) is 0 Å². The van der Waals surface area contributed by atoms with Crippen LogP contribution < -0.4 is 10.1 Å². The third kappa shape index (κ3) is 3.73. The summed E-state index contributed by atoms with van der Waals surface area (Å²) in [6, 6.07) is 15.6. The maximum Gasteiger partial charge on any atom is 0.119 e. The number of anilines is 1. The fourth-order valence-corrected chi connectivity index (χ4v) is 1.94. The number of hydrogen-bond donors (Lipinski definition) is 2. The van der Waals surface area contributed by atoms with Gasteiger partial charge < -0.3 is 15.2 Å². The summed E-state index contributed by atoms with van der Waals surface area (Å²) in [5, 5.41) is 13.4. The summed E-state index contributed by atoms with van der Waals surface area (Å²) < 4.78 is 5.15. The van der Waals surface area contributed by atoms with Gasteiger partial charge in [-0.25, -0.2) is 0 Å². The van der Waals surface area contributed by atoms with Gasteiger partial charge >= 0.3 is 0 Å². The van der Waals surface area contributed by atoms with Gasteiger partial charge in [0.25, 0.3) is 0 Å². The lowest BCUT2D eigenvalue weighted by atomic mass is 10.1. The van der Waals surface area contributed by atoms with E-state index in [1.54, 1.807) is 7.11 Å². The van der Waals surface area contributed by atoms with Gasteiger partial charge in [-0.05, 0) is 42.3 Å². The zero-order valence-electron chi connectivity index (χ0n) is 11.3. The fraction of sp³-hybridized carbons (Fsp3) is 0.250. The second kappa shape index (κ2) is 6.25. The van der Waals surface area contributed by atoms with E-state index in [2.05, 4.69) is 11.4 Å². The van der Waals surface area contributed by atoms with Gasteiger partial charge in [-0.3, -0.25) is 0 Å². The number of ether oxygens (including phenoxy) is 1. The van der Waals surface area contributed by atoms with Crippen LogP contribution in [0.15, 0.2) is 48.5 Å². The maximum atomic E-state index is 10.2. The van der Waals surface area contributed by atoms with Crippen molar-refractivity contribution < 1.29 is 9.84 Å². The Hall–Kier alpha value is -2.00. The average Bonchev–Trinajstić information content (AvgIpc) is 2.45. The summed E-state index contributed by atoms with van der Waals surface area (Å²) in [4.78, 5) is 0. The Labute approximate surface area is 113 Å². The van der Waals surface area contributed by atoms with Crippen molar-refractivity contribution in [2.45, 2.75) is 13.0 Å². The summed E-state index contributed by atoms with van der Waals surface area (Å²) in [6.45, 7) is 2.51. The molecule has 0 aliphatic carbocycles. The number of aliphatic hydroxyl groups excluding tert-OH is 1. The number of nitrogens with one attached hydrogen (secondary N) is 1. The van der Waals surface area contributed by atoms with Gasteiger partial charge in [0.05, 0.1) is 13.2 Å². The Morgan fingerprint density at radius 2 is 1.95 bits per heavy atom. The van der Waals surface area contributed by atoms with E-state index in [0.717, 1.165) is 17.0 Å². The van der Waals surface area contributed by atoms with Gasteiger partial charge in [-0.1, -0.05) is 24.3 Å². The smallest absolute Gasteiger partial charge is 0.119 e. The molecule has 0 aliphatic rings. The molecule has 100 valence electrons.